The van der Waals surface area contributed by atoms with Gasteiger partial charge in [-0.1, -0.05) is 36.4 Å². The summed E-state index contributed by atoms with van der Waals surface area (Å²) in [5, 5.41) is 2.95. The molecule has 1 saturated heterocycles. The van der Waals surface area contributed by atoms with Crippen LogP contribution in [0.3, 0.4) is 0 Å². The van der Waals surface area contributed by atoms with Gasteiger partial charge in [0.2, 0.25) is 17.7 Å². The molecule has 3 aromatic rings. The van der Waals surface area contributed by atoms with Gasteiger partial charge in [0.05, 0.1) is 18.0 Å². The fraction of sp³-hybridized carbons (Fsp3) is 0.292. The SMILES string of the molecule is Cc1oc(-c2ccccc2)nc1CC(=O)N1CCCC(C(=O)Nc2ccccc2)C1. The molecule has 1 atom stereocenters. The van der Waals surface area contributed by atoms with Crippen LogP contribution in [0.25, 0.3) is 11.5 Å². The molecule has 2 amide bonds. The van der Waals surface area contributed by atoms with Crippen molar-refractivity contribution in [3.05, 3.63) is 72.1 Å². The van der Waals surface area contributed by atoms with Crippen molar-refractivity contribution in [3.8, 4) is 11.5 Å². The molecule has 0 radical (unpaired) electrons. The Morgan fingerprint density at radius 1 is 1.10 bits per heavy atom. The van der Waals surface area contributed by atoms with Gasteiger partial charge in [0.25, 0.3) is 0 Å². The zero-order valence-electron chi connectivity index (χ0n) is 17.0. The van der Waals surface area contributed by atoms with Gasteiger partial charge in [0.15, 0.2) is 0 Å². The first-order valence-corrected chi connectivity index (χ1v) is 10.3. The van der Waals surface area contributed by atoms with Gasteiger partial charge in [-0.25, -0.2) is 4.98 Å². The summed E-state index contributed by atoms with van der Waals surface area (Å²) in [5.74, 6) is 0.902. The van der Waals surface area contributed by atoms with Crippen LogP contribution in [-0.2, 0) is 16.0 Å². The standard InChI is InChI=1S/C24H25N3O3/c1-17-21(26-24(30-17)18-9-4-2-5-10-18)15-22(28)27-14-8-11-19(16-27)23(29)25-20-12-6-3-7-13-20/h2-7,9-10,12-13,19H,8,11,14-16H2,1H3,(H,25,29). The van der Waals surface area contributed by atoms with Gasteiger partial charge in [-0.3, -0.25) is 9.59 Å². The Labute approximate surface area is 175 Å². The Hall–Kier alpha value is -3.41. The first kappa shape index (κ1) is 19.9. The molecule has 2 aromatic carbocycles. The second kappa shape index (κ2) is 8.95. The largest absolute Gasteiger partial charge is 0.441 e. The van der Waals surface area contributed by atoms with Gasteiger partial charge < -0.3 is 14.6 Å². The van der Waals surface area contributed by atoms with Gasteiger partial charge >= 0.3 is 0 Å². The molecule has 0 saturated carbocycles. The molecule has 0 bridgehead atoms. The number of anilines is 1. The average molecular weight is 403 g/mol. The second-order valence-corrected chi connectivity index (χ2v) is 7.60. The number of nitrogens with zero attached hydrogens (tertiary/aromatic N) is 2. The van der Waals surface area contributed by atoms with Crippen LogP contribution in [0.15, 0.2) is 65.1 Å². The maximum atomic E-state index is 12.9. The van der Waals surface area contributed by atoms with Crippen molar-refractivity contribution in [1.29, 1.82) is 0 Å². The Kier molecular flexibility index (Phi) is 5.93. The van der Waals surface area contributed by atoms with E-state index in [1.165, 1.54) is 0 Å². The van der Waals surface area contributed by atoms with E-state index in [1.807, 2.05) is 67.6 Å². The molecule has 2 heterocycles. The topological polar surface area (TPSA) is 75.4 Å². The number of rotatable bonds is 5. The molecule has 1 aliphatic rings. The van der Waals surface area contributed by atoms with Crippen LogP contribution in [0.4, 0.5) is 5.69 Å². The van der Waals surface area contributed by atoms with Crippen molar-refractivity contribution in [2.24, 2.45) is 5.92 Å². The van der Waals surface area contributed by atoms with Crippen LogP contribution >= 0.6 is 0 Å². The van der Waals surface area contributed by atoms with Crippen LogP contribution in [-0.4, -0.2) is 34.8 Å². The number of para-hydroxylation sites is 1. The van der Waals surface area contributed by atoms with Crippen molar-refractivity contribution in [3.63, 3.8) is 0 Å². The number of hydrogen-bond acceptors (Lipinski definition) is 4. The fourth-order valence-electron chi connectivity index (χ4n) is 3.73. The number of amides is 2. The average Bonchev–Trinajstić information content (AvgIpc) is 3.15. The third-order valence-electron chi connectivity index (χ3n) is 5.42. The number of oxazole rings is 1. The van der Waals surface area contributed by atoms with Gasteiger partial charge in [-0.2, -0.15) is 0 Å². The Morgan fingerprint density at radius 3 is 2.53 bits per heavy atom. The summed E-state index contributed by atoms with van der Waals surface area (Å²) in [6, 6.07) is 19.0. The minimum absolute atomic E-state index is 0.0248. The van der Waals surface area contributed by atoms with Crippen molar-refractivity contribution in [1.82, 2.24) is 9.88 Å². The summed E-state index contributed by atoms with van der Waals surface area (Å²) >= 11 is 0. The van der Waals surface area contributed by atoms with Crippen molar-refractivity contribution < 1.29 is 14.0 Å². The molecular weight excluding hydrogens is 378 g/mol. The summed E-state index contributed by atoms with van der Waals surface area (Å²) in [6.07, 6.45) is 1.77. The van der Waals surface area contributed by atoms with E-state index in [4.69, 9.17) is 4.42 Å². The second-order valence-electron chi connectivity index (χ2n) is 7.60. The Balaban J connectivity index is 1.39. The first-order chi connectivity index (χ1) is 14.6. The number of hydrogen-bond donors (Lipinski definition) is 1. The molecule has 1 aromatic heterocycles. The number of benzene rings is 2. The molecule has 1 N–H and O–H groups in total. The summed E-state index contributed by atoms with van der Waals surface area (Å²) in [5.41, 5.74) is 2.31. The minimum atomic E-state index is -0.207. The van der Waals surface area contributed by atoms with E-state index in [2.05, 4.69) is 10.3 Å². The molecule has 1 aliphatic heterocycles. The molecule has 6 nitrogen and oxygen atoms in total. The number of aromatic nitrogens is 1. The number of likely N-dealkylation sites (tertiary alicyclic amines) is 1. The van der Waals surface area contributed by atoms with Crippen LogP contribution in [0, 0.1) is 12.8 Å². The molecule has 6 heteroatoms. The Bertz CT molecular complexity index is 1010. The highest BCUT2D eigenvalue weighted by molar-refractivity contribution is 5.93. The quantitative estimate of drug-likeness (QED) is 0.697. The first-order valence-electron chi connectivity index (χ1n) is 10.3. The lowest BCUT2D eigenvalue weighted by Gasteiger charge is -2.32. The maximum Gasteiger partial charge on any atom is 0.229 e. The molecular formula is C24H25N3O3. The smallest absolute Gasteiger partial charge is 0.229 e. The molecule has 4 rings (SSSR count). The summed E-state index contributed by atoms with van der Waals surface area (Å²) in [7, 11) is 0. The van der Waals surface area contributed by atoms with E-state index in [-0.39, 0.29) is 24.2 Å². The lowest BCUT2D eigenvalue weighted by atomic mass is 9.96. The van der Waals surface area contributed by atoms with Crippen molar-refractivity contribution >= 4 is 17.5 Å². The summed E-state index contributed by atoms with van der Waals surface area (Å²) < 4.78 is 5.77. The monoisotopic (exact) mass is 403 g/mol. The minimum Gasteiger partial charge on any atom is -0.441 e. The molecule has 1 fully saturated rings. The predicted molar refractivity (Wildman–Crippen MR) is 115 cm³/mol. The number of carbonyl (C=O) groups excluding carboxylic acids is 2. The van der Waals surface area contributed by atoms with E-state index in [0.717, 1.165) is 24.1 Å². The maximum absolute atomic E-state index is 12.9. The molecule has 0 spiro atoms. The van der Waals surface area contributed by atoms with Crippen molar-refractivity contribution in [2.75, 3.05) is 18.4 Å². The van der Waals surface area contributed by atoms with Gasteiger partial charge in [-0.15, -0.1) is 0 Å². The predicted octanol–water partition coefficient (Wildman–Crippen LogP) is 4.07. The van der Waals surface area contributed by atoms with Crippen LogP contribution in [0.2, 0.25) is 0 Å². The summed E-state index contributed by atoms with van der Waals surface area (Å²) in [6.45, 7) is 2.92. The normalized spacial score (nSPS) is 16.3. The third-order valence-corrected chi connectivity index (χ3v) is 5.42. The molecule has 30 heavy (non-hydrogen) atoms. The number of nitrogens with one attached hydrogen (secondary N) is 1. The van der Waals surface area contributed by atoms with Crippen LogP contribution in [0.1, 0.15) is 24.3 Å². The van der Waals surface area contributed by atoms with E-state index in [9.17, 15) is 9.59 Å². The zero-order valence-corrected chi connectivity index (χ0v) is 17.0. The van der Waals surface area contributed by atoms with Gasteiger partial charge in [0.1, 0.15) is 5.76 Å². The zero-order chi connectivity index (χ0) is 20.9. The highest BCUT2D eigenvalue weighted by Gasteiger charge is 2.29. The highest BCUT2D eigenvalue weighted by Crippen LogP contribution is 2.23. The van der Waals surface area contributed by atoms with Crippen molar-refractivity contribution in [2.45, 2.75) is 26.2 Å². The van der Waals surface area contributed by atoms with Gasteiger partial charge in [-0.05, 0) is 44.0 Å². The number of aryl methyl sites for hydroxylation is 1. The number of piperidine rings is 1. The molecule has 154 valence electrons. The highest BCUT2D eigenvalue weighted by atomic mass is 16.4. The van der Waals surface area contributed by atoms with Crippen LogP contribution in [0.5, 0.6) is 0 Å². The van der Waals surface area contributed by atoms with E-state index < -0.39 is 0 Å². The molecule has 0 aliphatic carbocycles. The van der Waals surface area contributed by atoms with E-state index in [0.29, 0.717) is 30.4 Å². The number of carbonyl (C=O) groups is 2. The third kappa shape index (κ3) is 4.59. The van der Waals surface area contributed by atoms with E-state index in [1.54, 1.807) is 4.90 Å². The summed E-state index contributed by atoms with van der Waals surface area (Å²) in [4.78, 5) is 31.8. The fourth-order valence-corrected chi connectivity index (χ4v) is 3.73. The lowest BCUT2D eigenvalue weighted by Crippen LogP contribution is -2.44. The Morgan fingerprint density at radius 2 is 1.80 bits per heavy atom. The lowest BCUT2D eigenvalue weighted by molar-refractivity contribution is -0.134. The van der Waals surface area contributed by atoms with E-state index >= 15 is 0 Å². The molecule has 1 unspecified atom stereocenters. The van der Waals surface area contributed by atoms with Crippen LogP contribution < -0.4 is 5.32 Å². The van der Waals surface area contributed by atoms with Gasteiger partial charge in [0, 0.05) is 24.3 Å².